The van der Waals surface area contributed by atoms with Crippen LogP contribution in [0.2, 0.25) is 0 Å². The van der Waals surface area contributed by atoms with Crippen molar-refractivity contribution >= 4 is 23.9 Å². The third kappa shape index (κ3) is 1.72. The molecule has 2 spiro atoms. The zero-order valence-corrected chi connectivity index (χ0v) is 19.7. The van der Waals surface area contributed by atoms with Crippen molar-refractivity contribution in [3.8, 4) is 0 Å². The number of carbonyl (C=O) groups excluding carboxylic acids is 4. The van der Waals surface area contributed by atoms with E-state index >= 15 is 0 Å². The first-order valence-corrected chi connectivity index (χ1v) is 11.5. The number of aliphatic hydroxyl groups excluding tert-OH is 1. The highest BCUT2D eigenvalue weighted by molar-refractivity contribution is 5.94. The van der Waals surface area contributed by atoms with Gasteiger partial charge in [-0.25, -0.2) is 4.79 Å². The summed E-state index contributed by atoms with van der Waals surface area (Å²) in [5.74, 6) is -5.92. The Morgan fingerprint density at radius 3 is 2.21 bits per heavy atom. The van der Waals surface area contributed by atoms with Crippen LogP contribution in [-0.4, -0.2) is 76.0 Å². The summed E-state index contributed by atoms with van der Waals surface area (Å²) in [5.41, 5.74) is -8.48. The molecule has 2 aliphatic carbocycles. The molecular formula is C23H28O11. The Hall–Kier alpha value is -2.24. The standard InChI is InChI=1S/C23H28O11/c1-7-15(26)33-18-20(7)11(19(4,5)6)10(30-9(3)24)13-21(20)12(25)14-22(29,8(2)16(27)31-14)23(21,34-18)17(28)32-13/h7-8,10-14,18,25,29H,1-6H3/t7?,8-,10-,11+,12?,13?,14+,18?,20?,21?,22-,23+/m1/s1. The maximum absolute atomic E-state index is 13.7. The van der Waals surface area contributed by atoms with Gasteiger partial charge in [0.1, 0.15) is 12.2 Å². The SMILES string of the molecule is CC(=O)O[C@H]1C2OC(=O)[C@]34OC5OC(=O)C(C)C5([C@@H]1C(C)(C)C)C23C(O)[C@@H]1OC(=O)[C@@H](C)[C@@]14O. The van der Waals surface area contributed by atoms with Gasteiger partial charge in [0.2, 0.25) is 11.9 Å². The van der Waals surface area contributed by atoms with E-state index in [9.17, 15) is 29.4 Å². The average molecular weight is 480 g/mol. The highest BCUT2D eigenvalue weighted by Gasteiger charge is 3.05. The summed E-state index contributed by atoms with van der Waals surface area (Å²) in [6, 6.07) is 0. The van der Waals surface area contributed by atoms with Gasteiger partial charge in [-0.05, 0) is 12.3 Å². The van der Waals surface area contributed by atoms with Gasteiger partial charge >= 0.3 is 23.9 Å². The van der Waals surface area contributed by atoms with Crippen LogP contribution in [0.4, 0.5) is 0 Å². The summed E-state index contributed by atoms with van der Waals surface area (Å²) in [5, 5.41) is 24.0. The second-order valence-electron chi connectivity index (χ2n) is 11.7. The predicted molar refractivity (Wildman–Crippen MR) is 106 cm³/mol. The van der Waals surface area contributed by atoms with Crippen LogP contribution in [0.25, 0.3) is 0 Å². The van der Waals surface area contributed by atoms with Gasteiger partial charge < -0.3 is 33.9 Å². The molecule has 11 heteroatoms. The molecule has 4 saturated heterocycles. The molecule has 2 saturated carbocycles. The number of fused-ring (bicyclic) bond motifs is 1. The maximum atomic E-state index is 13.7. The summed E-state index contributed by atoms with van der Waals surface area (Å²) in [6.45, 7) is 9.88. The molecule has 0 aromatic heterocycles. The van der Waals surface area contributed by atoms with E-state index in [-0.39, 0.29) is 0 Å². The van der Waals surface area contributed by atoms with Gasteiger partial charge in [-0.3, -0.25) is 14.4 Å². The van der Waals surface area contributed by atoms with Gasteiger partial charge in [-0.2, -0.15) is 0 Å². The average Bonchev–Trinajstić information content (AvgIpc) is 3.41. The molecule has 186 valence electrons. The van der Waals surface area contributed by atoms with Gasteiger partial charge in [-0.1, -0.05) is 27.7 Å². The predicted octanol–water partition coefficient (Wildman–Crippen LogP) is -0.553. The number of aliphatic hydroxyl groups is 2. The summed E-state index contributed by atoms with van der Waals surface area (Å²) in [4.78, 5) is 51.5. The van der Waals surface area contributed by atoms with Crippen molar-refractivity contribution in [1.29, 1.82) is 0 Å². The zero-order valence-electron chi connectivity index (χ0n) is 19.7. The topological polar surface area (TPSA) is 155 Å². The minimum atomic E-state index is -2.30. The molecular weight excluding hydrogens is 452 g/mol. The van der Waals surface area contributed by atoms with E-state index in [2.05, 4.69) is 0 Å². The molecule has 6 aliphatic rings. The number of hydrogen-bond donors (Lipinski definition) is 2. The Kier molecular flexibility index (Phi) is 3.77. The van der Waals surface area contributed by atoms with E-state index in [1.165, 1.54) is 13.8 Å². The van der Waals surface area contributed by atoms with Crippen LogP contribution in [0, 0.1) is 34.0 Å². The van der Waals surface area contributed by atoms with Gasteiger partial charge in [0.15, 0.2) is 17.8 Å². The normalized spacial score (nSPS) is 56.4. The highest BCUT2D eigenvalue weighted by Crippen LogP contribution is 2.85. The molecule has 0 amide bonds. The molecule has 4 aliphatic heterocycles. The molecule has 6 rings (SSSR count). The number of ether oxygens (including phenoxy) is 5. The Labute approximate surface area is 195 Å². The molecule has 4 heterocycles. The van der Waals surface area contributed by atoms with E-state index in [0.717, 1.165) is 0 Å². The number of carbonyl (C=O) groups is 4. The van der Waals surface area contributed by atoms with E-state index in [0.29, 0.717) is 0 Å². The van der Waals surface area contributed by atoms with Gasteiger partial charge in [0.05, 0.1) is 22.7 Å². The third-order valence-corrected chi connectivity index (χ3v) is 9.62. The zero-order chi connectivity index (χ0) is 25.0. The van der Waals surface area contributed by atoms with E-state index in [1.54, 1.807) is 6.92 Å². The van der Waals surface area contributed by atoms with Gasteiger partial charge in [-0.15, -0.1) is 0 Å². The summed E-state index contributed by atoms with van der Waals surface area (Å²) in [6.07, 6.45) is -6.88. The number of esters is 4. The minimum absolute atomic E-state index is 0.606. The molecule has 0 bridgehead atoms. The summed E-state index contributed by atoms with van der Waals surface area (Å²) >= 11 is 0. The molecule has 0 aromatic rings. The van der Waals surface area contributed by atoms with Crippen LogP contribution < -0.4 is 0 Å². The van der Waals surface area contributed by atoms with Crippen LogP contribution in [0.5, 0.6) is 0 Å². The van der Waals surface area contributed by atoms with Gasteiger partial charge in [0, 0.05) is 12.8 Å². The van der Waals surface area contributed by atoms with Crippen LogP contribution in [0.3, 0.4) is 0 Å². The molecule has 12 atom stereocenters. The Morgan fingerprint density at radius 2 is 1.62 bits per heavy atom. The van der Waals surface area contributed by atoms with E-state index < -0.39 is 99.8 Å². The van der Waals surface area contributed by atoms with Crippen molar-refractivity contribution in [3.63, 3.8) is 0 Å². The second-order valence-corrected chi connectivity index (χ2v) is 11.7. The summed E-state index contributed by atoms with van der Waals surface area (Å²) in [7, 11) is 0. The van der Waals surface area contributed by atoms with Crippen molar-refractivity contribution < 1.29 is 53.1 Å². The lowest BCUT2D eigenvalue weighted by atomic mass is 9.49. The lowest BCUT2D eigenvalue weighted by Crippen LogP contribution is -2.66. The van der Waals surface area contributed by atoms with Crippen molar-refractivity contribution in [2.24, 2.45) is 34.0 Å². The maximum Gasteiger partial charge on any atom is 0.343 e. The quantitative estimate of drug-likeness (QED) is 0.367. The third-order valence-electron chi connectivity index (χ3n) is 9.62. The monoisotopic (exact) mass is 480 g/mol. The highest BCUT2D eigenvalue weighted by atomic mass is 16.8. The van der Waals surface area contributed by atoms with E-state index in [1.807, 2.05) is 20.8 Å². The van der Waals surface area contributed by atoms with Crippen LogP contribution in [0.15, 0.2) is 0 Å². The van der Waals surface area contributed by atoms with Crippen molar-refractivity contribution in [2.45, 2.75) is 83.5 Å². The molecule has 2 N–H and O–H groups in total. The fraction of sp³-hybridized carbons (Fsp3) is 0.826. The van der Waals surface area contributed by atoms with E-state index in [4.69, 9.17) is 23.7 Å². The Morgan fingerprint density at radius 1 is 1.00 bits per heavy atom. The van der Waals surface area contributed by atoms with Crippen LogP contribution in [0.1, 0.15) is 41.5 Å². The molecule has 0 aromatic carbocycles. The fourth-order valence-corrected chi connectivity index (χ4v) is 8.89. The molecule has 6 fully saturated rings. The summed E-state index contributed by atoms with van der Waals surface area (Å²) < 4.78 is 28.9. The second kappa shape index (κ2) is 5.76. The largest absolute Gasteiger partial charge is 0.458 e. The lowest BCUT2D eigenvalue weighted by molar-refractivity contribution is -0.240. The lowest BCUT2D eigenvalue weighted by Gasteiger charge is -2.48. The van der Waals surface area contributed by atoms with Crippen LogP contribution in [-0.2, 0) is 42.9 Å². The Bertz CT molecular complexity index is 1060. The molecule has 0 radical (unpaired) electrons. The minimum Gasteiger partial charge on any atom is -0.458 e. The fourth-order valence-electron chi connectivity index (χ4n) is 8.89. The van der Waals surface area contributed by atoms with Crippen molar-refractivity contribution in [2.75, 3.05) is 0 Å². The van der Waals surface area contributed by atoms with Crippen molar-refractivity contribution in [3.05, 3.63) is 0 Å². The molecule has 6 unspecified atom stereocenters. The number of hydrogen-bond acceptors (Lipinski definition) is 11. The number of rotatable bonds is 1. The molecule has 11 nitrogen and oxygen atoms in total. The smallest absolute Gasteiger partial charge is 0.343 e. The first-order chi connectivity index (χ1) is 15.7. The van der Waals surface area contributed by atoms with Gasteiger partial charge in [0.25, 0.3) is 0 Å². The van der Waals surface area contributed by atoms with Crippen LogP contribution >= 0.6 is 0 Å². The Balaban J connectivity index is 1.74. The first kappa shape index (κ1) is 22.2. The van der Waals surface area contributed by atoms with Crippen molar-refractivity contribution in [1.82, 2.24) is 0 Å². The first-order valence-electron chi connectivity index (χ1n) is 11.5. The molecule has 34 heavy (non-hydrogen) atoms.